The van der Waals surface area contributed by atoms with Crippen molar-refractivity contribution in [3.63, 3.8) is 0 Å². The molecule has 3 rings (SSSR count). The van der Waals surface area contributed by atoms with Gasteiger partial charge < -0.3 is 4.98 Å². The standard InChI is InChI=1S/C18H20FN3/c1-3-22(11-14-5-4-8-20-10-14)12-17-13(2)21-18-7-6-15(19)9-16(17)18/h4-10,21H,3,11-12H2,1-2H3. The Bertz CT molecular complexity index is 765. The molecule has 0 amide bonds. The van der Waals surface area contributed by atoms with Crippen molar-refractivity contribution >= 4 is 10.9 Å². The van der Waals surface area contributed by atoms with E-state index in [1.807, 2.05) is 19.2 Å². The highest BCUT2D eigenvalue weighted by Crippen LogP contribution is 2.25. The Morgan fingerprint density at radius 3 is 2.82 bits per heavy atom. The van der Waals surface area contributed by atoms with Crippen LogP contribution in [0.4, 0.5) is 4.39 Å². The van der Waals surface area contributed by atoms with E-state index >= 15 is 0 Å². The maximum atomic E-state index is 13.6. The third-order valence-corrected chi connectivity index (χ3v) is 4.04. The molecule has 3 aromatic rings. The molecular formula is C18H20FN3. The molecule has 0 saturated carbocycles. The fraction of sp³-hybridized carbons (Fsp3) is 0.278. The number of hydrogen-bond donors (Lipinski definition) is 1. The minimum Gasteiger partial charge on any atom is -0.358 e. The van der Waals surface area contributed by atoms with Crippen molar-refractivity contribution in [2.24, 2.45) is 0 Å². The van der Waals surface area contributed by atoms with Gasteiger partial charge in [-0.25, -0.2) is 4.39 Å². The first kappa shape index (κ1) is 14.7. The lowest BCUT2D eigenvalue weighted by Crippen LogP contribution is -2.22. The molecule has 2 aromatic heterocycles. The zero-order valence-corrected chi connectivity index (χ0v) is 12.9. The van der Waals surface area contributed by atoms with Crippen LogP contribution in [0.1, 0.15) is 23.7 Å². The molecule has 1 aromatic carbocycles. The maximum Gasteiger partial charge on any atom is 0.123 e. The molecule has 3 nitrogen and oxygen atoms in total. The highest BCUT2D eigenvalue weighted by Gasteiger charge is 2.13. The quantitative estimate of drug-likeness (QED) is 0.771. The number of nitrogens with zero attached hydrogens (tertiary/aromatic N) is 2. The number of aromatic nitrogens is 2. The largest absolute Gasteiger partial charge is 0.358 e. The van der Waals surface area contributed by atoms with Gasteiger partial charge in [0.15, 0.2) is 0 Å². The van der Waals surface area contributed by atoms with E-state index in [4.69, 9.17) is 0 Å². The second-order valence-electron chi connectivity index (χ2n) is 5.58. The number of fused-ring (bicyclic) bond motifs is 1. The first-order valence-corrected chi connectivity index (χ1v) is 7.55. The first-order valence-electron chi connectivity index (χ1n) is 7.55. The van der Waals surface area contributed by atoms with Gasteiger partial charge in [-0.1, -0.05) is 13.0 Å². The summed E-state index contributed by atoms with van der Waals surface area (Å²) >= 11 is 0. The summed E-state index contributed by atoms with van der Waals surface area (Å²) in [5.41, 5.74) is 4.45. The summed E-state index contributed by atoms with van der Waals surface area (Å²) in [5, 5.41) is 0.974. The van der Waals surface area contributed by atoms with Crippen LogP contribution in [0.3, 0.4) is 0 Å². The van der Waals surface area contributed by atoms with Crippen molar-refractivity contribution in [2.45, 2.75) is 26.9 Å². The topological polar surface area (TPSA) is 31.9 Å². The van der Waals surface area contributed by atoms with Crippen LogP contribution in [0.15, 0.2) is 42.7 Å². The van der Waals surface area contributed by atoms with Crippen LogP contribution in [0, 0.1) is 12.7 Å². The van der Waals surface area contributed by atoms with E-state index in [9.17, 15) is 4.39 Å². The highest BCUT2D eigenvalue weighted by molar-refractivity contribution is 5.84. The van der Waals surface area contributed by atoms with E-state index in [2.05, 4.69) is 27.9 Å². The molecule has 0 atom stereocenters. The molecule has 0 fully saturated rings. The number of H-pyrrole nitrogens is 1. The Kier molecular flexibility index (Phi) is 4.20. The summed E-state index contributed by atoms with van der Waals surface area (Å²) in [4.78, 5) is 9.84. The highest BCUT2D eigenvalue weighted by atomic mass is 19.1. The minimum atomic E-state index is -0.192. The van der Waals surface area contributed by atoms with Gasteiger partial charge in [0.1, 0.15) is 5.82 Å². The number of nitrogens with one attached hydrogen (secondary N) is 1. The van der Waals surface area contributed by atoms with Crippen LogP contribution in [0.2, 0.25) is 0 Å². The van der Waals surface area contributed by atoms with E-state index in [1.54, 1.807) is 18.3 Å². The summed E-state index contributed by atoms with van der Waals surface area (Å²) < 4.78 is 13.6. The molecule has 0 aliphatic rings. The molecule has 0 aliphatic carbocycles. The van der Waals surface area contributed by atoms with Gasteiger partial charge in [-0.3, -0.25) is 9.88 Å². The average Bonchev–Trinajstić information content (AvgIpc) is 2.83. The van der Waals surface area contributed by atoms with Crippen LogP contribution < -0.4 is 0 Å². The lowest BCUT2D eigenvalue weighted by molar-refractivity contribution is 0.271. The van der Waals surface area contributed by atoms with Crippen LogP contribution in [-0.2, 0) is 13.1 Å². The van der Waals surface area contributed by atoms with Crippen molar-refractivity contribution in [2.75, 3.05) is 6.54 Å². The third kappa shape index (κ3) is 3.02. The Morgan fingerprint density at radius 1 is 1.23 bits per heavy atom. The van der Waals surface area contributed by atoms with Crippen LogP contribution >= 0.6 is 0 Å². The second kappa shape index (κ2) is 6.28. The zero-order chi connectivity index (χ0) is 15.5. The average molecular weight is 297 g/mol. The van der Waals surface area contributed by atoms with Gasteiger partial charge in [0.05, 0.1) is 0 Å². The molecule has 114 valence electrons. The van der Waals surface area contributed by atoms with E-state index in [0.29, 0.717) is 0 Å². The Hall–Kier alpha value is -2.20. The SMILES string of the molecule is CCN(Cc1cccnc1)Cc1c(C)[nH]c2ccc(F)cc12. The summed E-state index contributed by atoms with van der Waals surface area (Å²) in [6.45, 7) is 6.75. The second-order valence-corrected chi connectivity index (χ2v) is 5.58. The van der Waals surface area contributed by atoms with Crippen molar-refractivity contribution in [3.8, 4) is 0 Å². The number of hydrogen-bond acceptors (Lipinski definition) is 2. The number of aromatic amines is 1. The van der Waals surface area contributed by atoms with E-state index in [0.717, 1.165) is 36.2 Å². The van der Waals surface area contributed by atoms with Gasteiger partial charge in [0.2, 0.25) is 0 Å². The number of rotatable bonds is 5. The van der Waals surface area contributed by atoms with Crippen molar-refractivity contribution in [1.29, 1.82) is 0 Å². The molecular weight excluding hydrogens is 277 g/mol. The molecule has 0 radical (unpaired) electrons. The summed E-state index contributed by atoms with van der Waals surface area (Å²) in [5.74, 6) is -0.192. The van der Waals surface area contributed by atoms with Gasteiger partial charge in [0.25, 0.3) is 0 Å². The Morgan fingerprint density at radius 2 is 2.09 bits per heavy atom. The van der Waals surface area contributed by atoms with Crippen molar-refractivity contribution < 1.29 is 4.39 Å². The zero-order valence-electron chi connectivity index (χ0n) is 12.9. The minimum absolute atomic E-state index is 0.192. The lowest BCUT2D eigenvalue weighted by atomic mass is 10.1. The van der Waals surface area contributed by atoms with E-state index in [1.165, 1.54) is 17.2 Å². The van der Waals surface area contributed by atoms with Crippen LogP contribution in [0.25, 0.3) is 10.9 Å². The third-order valence-electron chi connectivity index (χ3n) is 4.04. The number of pyridine rings is 1. The Labute approximate surface area is 129 Å². The lowest BCUT2D eigenvalue weighted by Gasteiger charge is -2.20. The normalized spacial score (nSPS) is 11.5. The molecule has 4 heteroatoms. The summed E-state index contributed by atoms with van der Waals surface area (Å²) in [6.07, 6.45) is 3.68. The van der Waals surface area contributed by atoms with E-state index in [-0.39, 0.29) is 5.82 Å². The maximum absolute atomic E-state index is 13.6. The molecule has 0 bridgehead atoms. The fourth-order valence-electron chi connectivity index (χ4n) is 2.81. The van der Waals surface area contributed by atoms with Crippen LogP contribution in [0.5, 0.6) is 0 Å². The van der Waals surface area contributed by atoms with Gasteiger partial charge in [-0.05, 0) is 48.9 Å². The summed E-state index contributed by atoms with van der Waals surface area (Å²) in [7, 11) is 0. The number of benzene rings is 1. The van der Waals surface area contributed by atoms with Gasteiger partial charge in [0, 0.05) is 42.1 Å². The Balaban J connectivity index is 1.87. The van der Waals surface area contributed by atoms with Crippen LogP contribution in [-0.4, -0.2) is 21.4 Å². The van der Waals surface area contributed by atoms with Gasteiger partial charge in [-0.15, -0.1) is 0 Å². The van der Waals surface area contributed by atoms with E-state index < -0.39 is 0 Å². The smallest absolute Gasteiger partial charge is 0.123 e. The molecule has 0 aliphatic heterocycles. The van der Waals surface area contributed by atoms with Gasteiger partial charge in [-0.2, -0.15) is 0 Å². The molecule has 0 unspecified atom stereocenters. The van der Waals surface area contributed by atoms with Crippen molar-refractivity contribution in [1.82, 2.24) is 14.9 Å². The fourth-order valence-corrected chi connectivity index (χ4v) is 2.81. The van der Waals surface area contributed by atoms with Gasteiger partial charge >= 0.3 is 0 Å². The van der Waals surface area contributed by atoms with Crippen molar-refractivity contribution in [3.05, 3.63) is 65.4 Å². The first-order chi connectivity index (χ1) is 10.7. The number of halogens is 1. The molecule has 2 heterocycles. The molecule has 1 N–H and O–H groups in total. The predicted octanol–water partition coefficient (Wildman–Crippen LogP) is 4.03. The molecule has 0 saturated heterocycles. The number of aryl methyl sites for hydroxylation is 1. The molecule has 0 spiro atoms. The predicted molar refractivity (Wildman–Crippen MR) is 87.0 cm³/mol. The monoisotopic (exact) mass is 297 g/mol. The molecule has 22 heavy (non-hydrogen) atoms. The summed E-state index contributed by atoms with van der Waals surface area (Å²) in [6, 6.07) is 8.95.